The number of carbonyl (C=O) groups excluding carboxylic acids is 1. The lowest BCUT2D eigenvalue weighted by Gasteiger charge is -2.24. The fourth-order valence-electron chi connectivity index (χ4n) is 2.29. The molecule has 0 spiro atoms. The zero-order valence-electron chi connectivity index (χ0n) is 12.7. The van der Waals surface area contributed by atoms with Gasteiger partial charge in [-0.25, -0.2) is 4.79 Å². The molecule has 1 aliphatic heterocycles. The fraction of sp³-hybridized carbons (Fsp3) is 0.667. The van der Waals surface area contributed by atoms with Crippen LogP contribution in [-0.2, 0) is 9.47 Å². The standard InChI is InChI=1S/C15H24N2O3/c1-11(13-6-5-8-16-13)19-12-7-9-17(10-12)14(18)20-15(2,3)4/h5-6,8,11-12,16H,7,9-10H2,1-4H3/t11-,12-/m1/s1. The second kappa shape index (κ2) is 5.87. The van der Waals surface area contributed by atoms with Gasteiger partial charge in [-0.2, -0.15) is 0 Å². The molecule has 2 atom stereocenters. The van der Waals surface area contributed by atoms with Gasteiger partial charge in [-0.05, 0) is 46.2 Å². The summed E-state index contributed by atoms with van der Waals surface area (Å²) < 4.78 is 11.4. The third-order valence-electron chi connectivity index (χ3n) is 3.25. The third-order valence-corrected chi connectivity index (χ3v) is 3.25. The summed E-state index contributed by atoms with van der Waals surface area (Å²) >= 11 is 0. The molecule has 0 unspecified atom stereocenters. The molecule has 20 heavy (non-hydrogen) atoms. The zero-order valence-corrected chi connectivity index (χ0v) is 12.7. The Balaban J connectivity index is 1.82. The molecule has 112 valence electrons. The maximum absolute atomic E-state index is 12.0. The molecule has 0 aromatic carbocycles. The predicted molar refractivity (Wildman–Crippen MR) is 76.5 cm³/mol. The smallest absolute Gasteiger partial charge is 0.410 e. The molecule has 0 saturated carbocycles. The van der Waals surface area contributed by atoms with Gasteiger partial charge in [0.1, 0.15) is 5.60 Å². The molecule has 1 amide bonds. The highest BCUT2D eigenvalue weighted by Crippen LogP contribution is 2.23. The van der Waals surface area contributed by atoms with E-state index in [1.807, 2.05) is 46.0 Å². The molecule has 5 heteroatoms. The number of amides is 1. The van der Waals surface area contributed by atoms with Crippen molar-refractivity contribution in [1.29, 1.82) is 0 Å². The van der Waals surface area contributed by atoms with Crippen molar-refractivity contribution < 1.29 is 14.3 Å². The first-order chi connectivity index (χ1) is 9.35. The van der Waals surface area contributed by atoms with Crippen molar-refractivity contribution in [2.75, 3.05) is 13.1 Å². The number of nitrogens with zero attached hydrogens (tertiary/aromatic N) is 1. The molecule has 2 heterocycles. The summed E-state index contributed by atoms with van der Waals surface area (Å²) in [7, 11) is 0. The Morgan fingerprint density at radius 3 is 2.85 bits per heavy atom. The van der Waals surface area contributed by atoms with E-state index in [1.165, 1.54) is 0 Å². The van der Waals surface area contributed by atoms with Crippen molar-refractivity contribution in [1.82, 2.24) is 9.88 Å². The van der Waals surface area contributed by atoms with Crippen LogP contribution >= 0.6 is 0 Å². The summed E-state index contributed by atoms with van der Waals surface area (Å²) in [4.78, 5) is 16.8. The number of carbonyl (C=O) groups is 1. The fourth-order valence-corrected chi connectivity index (χ4v) is 2.29. The molecule has 0 radical (unpaired) electrons. The minimum absolute atomic E-state index is 0.00795. The van der Waals surface area contributed by atoms with Gasteiger partial charge in [0.05, 0.1) is 18.8 Å². The van der Waals surface area contributed by atoms with E-state index in [9.17, 15) is 4.79 Å². The summed E-state index contributed by atoms with van der Waals surface area (Å²) in [6.45, 7) is 8.94. The van der Waals surface area contributed by atoms with Gasteiger partial charge in [0.2, 0.25) is 0 Å². The summed E-state index contributed by atoms with van der Waals surface area (Å²) in [6, 6.07) is 3.96. The zero-order chi connectivity index (χ0) is 14.8. The van der Waals surface area contributed by atoms with Gasteiger partial charge in [-0.1, -0.05) is 0 Å². The van der Waals surface area contributed by atoms with E-state index >= 15 is 0 Å². The number of hydrogen-bond acceptors (Lipinski definition) is 3. The molecular formula is C15H24N2O3. The van der Waals surface area contributed by atoms with Crippen molar-refractivity contribution in [3.05, 3.63) is 24.0 Å². The van der Waals surface area contributed by atoms with Crippen molar-refractivity contribution >= 4 is 6.09 Å². The first kappa shape index (κ1) is 14.9. The lowest BCUT2D eigenvalue weighted by molar-refractivity contribution is -0.00538. The minimum atomic E-state index is -0.451. The summed E-state index contributed by atoms with van der Waals surface area (Å²) in [5.74, 6) is 0. The number of H-pyrrole nitrogens is 1. The normalized spacial score (nSPS) is 21.0. The first-order valence-corrected chi connectivity index (χ1v) is 7.12. The Morgan fingerprint density at radius 1 is 1.50 bits per heavy atom. The molecule has 1 aliphatic rings. The van der Waals surface area contributed by atoms with E-state index < -0.39 is 5.60 Å². The van der Waals surface area contributed by atoms with Crippen LogP contribution in [0.5, 0.6) is 0 Å². The van der Waals surface area contributed by atoms with E-state index in [0.29, 0.717) is 13.1 Å². The Labute approximate surface area is 120 Å². The van der Waals surface area contributed by atoms with Gasteiger partial charge in [0.25, 0.3) is 0 Å². The van der Waals surface area contributed by atoms with Crippen LogP contribution in [0.15, 0.2) is 18.3 Å². The van der Waals surface area contributed by atoms with E-state index in [2.05, 4.69) is 4.98 Å². The van der Waals surface area contributed by atoms with Crippen molar-refractivity contribution in [3.8, 4) is 0 Å². The average molecular weight is 280 g/mol. The molecule has 5 nitrogen and oxygen atoms in total. The number of aromatic amines is 1. The molecule has 1 aromatic rings. The maximum atomic E-state index is 12.0. The molecule has 1 saturated heterocycles. The highest BCUT2D eigenvalue weighted by molar-refractivity contribution is 5.68. The molecular weight excluding hydrogens is 256 g/mol. The topological polar surface area (TPSA) is 54.6 Å². The number of nitrogens with one attached hydrogen (secondary N) is 1. The van der Waals surface area contributed by atoms with Crippen LogP contribution in [0.4, 0.5) is 4.79 Å². The molecule has 0 aliphatic carbocycles. The molecule has 1 fully saturated rings. The molecule has 0 bridgehead atoms. The number of ether oxygens (including phenoxy) is 2. The number of likely N-dealkylation sites (tertiary alicyclic amines) is 1. The van der Waals surface area contributed by atoms with E-state index in [4.69, 9.17) is 9.47 Å². The largest absolute Gasteiger partial charge is 0.444 e. The van der Waals surface area contributed by atoms with E-state index in [0.717, 1.165) is 12.1 Å². The van der Waals surface area contributed by atoms with Gasteiger partial charge >= 0.3 is 6.09 Å². The Hall–Kier alpha value is -1.49. The van der Waals surface area contributed by atoms with Gasteiger partial charge in [-0.15, -0.1) is 0 Å². The van der Waals surface area contributed by atoms with Crippen LogP contribution in [0.3, 0.4) is 0 Å². The second-order valence-electron chi connectivity index (χ2n) is 6.24. The monoisotopic (exact) mass is 280 g/mol. The van der Waals surface area contributed by atoms with Gasteiger partial charge in [0, 0.05) is 18.4 Å². The van der Waals surface area contributed by atoms with E-state index in [-0.39, 0.29) is 18.3 Å². The summed E-state index contributed by atoms with van der Waals surface area (Å²) in [5.41, 5.74) is 0.605. The number of rotatable bonds is 3. The molecule has 1 N–H and O–H groups in total. The SMILES string of the molecule is C[C@@H](O[C@@H]1CCN(C(=O)OC(C)(C)C)C1)c1ccc[nH]1. The Kier molecular flexibility index (Phi) is 4.38. The summed E-state index contributed by atoms with van der Waals surface area (Å²) in [6.07, 6.45) is 2.56. The summed E-state index contributed by atoms with van der Waals surface area (Å²) in [5, 5.41) is 0. The lowest BCUT2D eigenvalue weighted by Crippen LogP contribution is -2.36. The van der Waals surface area contributed by atoms with Gasteiger partial charge < -0.3 is 19.4 Å². The minimum Gasteiger partial charge on any atom is -0.444 e. The lowest BCUT2D eigenvalue weighted by atomic mass is 10.2. The second-order valence-corrected chi connectivity index (χ2v) is 6.24. The molecule has 2 rings (SSSR count). The highest BCUT2D eigenvalue weighted by Gasteiger charge is 2.31. The van der Waals surface area contributed by atoms with E-state index in [1.54, 1.807) is 4.90 Å². The van der Waals surface area contributed by atoms with Crippen LogP contribution in [-0.4, -0.2) is 40.8 Å². The van der Waals surface area contributed by atoms with Crippen LogP contribution in [0, 0.1) is 0 Å². The Morgan fingerprint density at radius 2 is 2.25 bits per heavy atom. The van der Waals surface area contributed by atoms with Crippen LogP contribution < -0.4 is 0 Å². The maximum Gasteiger partial charge on any atom is 0.410 e. The number of hydrogen-bond donors (Lipinski definition) is 1. The highest BCUT2D eigenvalue weighted by atomic mass is 16.6. The Bertz CT molecular complexity index is 436. The molecule has 1 aromatic heterocycles. The van der Waals surface area contributed by atoms with Crippen LogP contribution in [0.2, 0.25) is 0 Å². The predicted octanol–water partition coefficient (Wildman–Crippen LogP) is 3.10. The van der Waals surface area contributed by atoms with Crippen LogP contribution in [0.1, 0.15) is 45.9 Å². The van der Waals surface area contributed by atoms with Gasteiger partial charge in [-0.3, -0.25) is 0 Å². The average Bonchev–Trinajstić information content (AvgIpc) is 2.97. The van der Waals surface area contributed by atoms with Crippen molar-refractivity contribution in [3.63, 3.8) is 0 Å². The van der Waals surface area contributed by atoms with Gasteiger partial charge in [0.15, 0.2) is 0 Å². The van der Waals surface area contributed by atoms with Crippen LogP contribution in [0.25, 0.3) is 0 Å². The van der Waals surface area contributed by atoms with Crippen molar-refractivity contribution in [2.24, 2.45) is 0 Å². The number of aromatic nitrogens is 1. The third kappa shape index (κ3) is 4.00. The first-order valence-electron chi connectivity index (χ1n) is 7.12. The quantitative estimate of drug-likeness (QED) is 0.925. The van der Waals surface area contributed by atoms with Crippen molar-refractivity contribution in [2.45, 2.75) is 51.9 Å².